The fraction of sp³-hybridized carbons (Fsp3) is 0.294. The van der Waals surface area contributed by atoms with E-state index in [1.54, 1.807) is 27.3 Å². The third-order valence-corrected chi connectivity index (χ3v) is 16.2. The third kappa shape index (κ3) is 17.5. The van der Waals surface area contributed by atoms with Crippen LogP contribution < -0.4 is 22.6 Å². The summed E-state index contributed by atoms with van der Waals surface area (Å²) in [4.78, 5) is 70.0. The lowest BCUT2D eigenvalue weighted by atomic mass is 10.1. The van der Waals surface area contributed by atoms with Crippen molar-refractivity contribution in [2.45, 2.75) is 47.1 Å². The quantitative estimate of drug-likeness (QED) is 0.0293. The van der Waals surface area contributed by atoms with Gasteiger partial charge in [-0.15, -0.1) is 0 Å². The number of fused-ring (bicyclic) bond motifs is 2. The fourth-order valence-electron chi connectivity index (χ4n) is 7.01. The molecule has 0 fully saturated rings. The first-order valence-corrected chi connectivity index (χ1v) is 29.4. The van der Waals surface area contributed by atoms with Crippen LogP contribution in [-0.2, 0) is 63.0 Å². The van der Waals surface area contributed by atoms with E-state index in [-0.39, 0.29) is 98.6 Å². The van der Waals surface area contributed by atoms with E-state index in [1.807, 2.05) is 106 Å². The number of nitrogens with one attached hydrogen (secondary N) is 2. The summed E-state index contributed by atoms with van der Waals surface area (Å²) >= 11 is 2.18. The number of aromatic amines is 2. The number of nitrogens with zero attached hydrogens (tertiary/aromatic N) is 6. The number of imidazole rings is 2. The number of aromatic nitrogens is 8. The van der Waals surface area contributed by atoms with Crippen LogP contribution in [0.2, 0.25) is 0 Å². The highest BCUT2D eigenvalue weighted by atomic mass is 32.2. The summed E-state index contributed by atoms with van der Waals surface area (Å²) in [5.41, 5.74) is 17.5. The van der Waals surface area contributed by atoms with Crippen LogP contribution in [0.25, 0.3) is 22.3 Å². The number of aryl methyl sites for hydroxylation is 3. The molecule has 406 valence electrons. The highest BCUT2D eigenvalue weighted by molar-refractivity contribution is 8.14. The number of ether oxygens (including phenoxy) is 2. The van der Waals surface area contributed by atoms with E-state index in [4.69, 9.17) is 39.0 Å². The molecule has 22 nitrogen and oxygen atoms in total. The maximum absolute atomic E-state index is 13.5. The number of thioether (sulfide) groups is 2. The Morgan fingerprint density at radius 1 is 0.571 bits per heavy atom. The van der Waals surface area contributed by atoms with Gasteiger partial charge in [0.2, 0.25) is 22.1 Å². The molecule has 2 unspecified atom stereocenters. The number of rotatable bonds is 26. The van der Waals surface area contributed by atoms with Crippen molar-refractivity contribution in [2.75, 3.05) is 62.1 Å². The molecular weight excluding hydrogens is 1070 g/mol. The van der Waals surface area contributed by atoms with Crippen LogP contribution in [0.3, 0.4) is 0 Å². The predicted octanol–water partition coefficient (Wildman–Crippen LogP) is 8.28. The Morgan fingerprint density at radius 3 is 1.47 bits per heavy atom. The summed E-state index contributed by atoms with van der Waals surface area (Å²) in [5, 5.41) is -0.177. The number of carbonyl (C=O) groups is 2. The summed E-state index contributed by atoms with van der Waals surface area (Å²) in [6.45, 7) is 6.96. The average molecular weight is 1130 g/mol. The molecule has 0 radical (unpaired) electrons. The van der Waals surface area contributed by atoms with E-state index < -0.39 is 26.3 Å². The highest BCUT2D eigenvalue weighted by Crippen LogP contribution is 2.50. The molecule has 8 rings (SSSR count). The van der Waals surface area contributed by atoms with Crippen molar-refractivity contribution < 1.29 is 46.3 Å². The first-order chi connectivity index (χ1) is 37.1. The summed E-state index contributed by atoms with van der Waals surface area (Å²) in [5.74, 6) is 0.564. The van der Waals surface area contributed by atoms with Crippen molar-refractivity contribution in [3.05, 3.63) is 175 Å². The Balaban J connectivity index is 0.000000224. The minimum Gasteiger partial charge on any atom is -0.369 e. The molecule has 0 aliphatic rings. The van der Waals surface area contributed by atoms with Crippen LogP contribution in [0.5, 0.6) is 0 Å². The van der Waals surface area contributed by atoms with Gasteiger partial charge in [-0.05, 0) is 49.1 Å². The van der Waals surface area contributed by atoms with E-state index in [9.17, 15) is 28.3 Å². The van der Waals surface area contributed by atoms with Gasteiger partial charge in [-0.3, -0.25) is 38.3 Å². The average Bonchev–Trinajstić information content (AvgIpc) is 4.05. The van der Waals surface area contributed by atoms with Crippen LogP contribution in [-0.4, -0.2) is 99.9 Å². The van der Waals surface area contributed by atoms with E-state index in [0.29, 0.717) is 33.9 Å². The molecule has 2 atom stereocenters. The molecule has 0 amide bonds. The number of nitrogen functional groups attached to an aromatic ring is 2. The van der Waals surface area contributed by atoms with Crippen LogP contribution in [0, 0.1) is 20.8 Å². The van der Waals surface area contributed by atoms with Gasteiger partial charge < -0.3 is 48.2 Å². The van der Waals surface area contributed by atoms with Gasteiger partial charge in [0, 0.05) is 35.7 Å². The standard InChI is InChI=1S/C26H30N5O6PS.C25H28N5O6PS/c1-18-8-9-21(14-19(18)2)25(33)39-13-12-36-38(34,37-15-20-6-4-3-5-7-20)17-35-11-10-31-16-28-22-23(31)29-26(27)30-24(22)32;1-18-7-9-20(10-8-18)24(32)38-14-13-35-37(33,36-15-19-5-3-2-4-6-19)17-34-12-11-30-16-27-21-22(30)28-25(26)29-23(21)31/h3-9,14,16H,10-13,15,17H2,1-2H3,(H3,27,29,30,32);2-10,16H,11-15,17H2,1H3,(H3,26,28,29,31). The number of hydrogen-bond acceptors (Lipinski definition) is 20. The van der Waals surface area contributed by atoms with E-state index in [0.717, 1.165) is 51.3 Å². The molecule has 6 N–H and O–H groups in total. The van der Waals surface area contributed by atoms with Crippen molar-refractivity contribution in [2.24, 2.45) is 0 Å². The van der Waals surface area contributed by atoms with Gasteiger partial charge in [0.05, 0.1) is 52.3 Å². The second-order valence-corrected chi connectivity index (χ2v) is 23.2. The summed E-state index contributed by atoms with van der Waals surface area (Å²) in [6.07, 6.45) is 2.33. The van der Waals surface area contributed by atoms with Gasteiger partial charge in [0.15, 0.2) is 22.3 Å². The topological polar surface area (TPSA) is 303 Å². The van der Waals surface area contributed by atoms with Crippen LogP contribution >= 0.6 is 38.7 Å². The molecule has 0 saturated carbocycles. The molecular formula is C51H58N10O12P2S2. The first-order valence-electron chi connectivity index (χ1n) is 24.0. The number of anilines is 2. The molecule has 0 aliphatic carbocycles. The smallest absolute Gasteiger partial charge is 0.356 e. The summed E-state index contributed by atoms with van der Waals surface area (Å²) in [7, 11) is -7.32. The highest BCUT2D eigenvalue weighted by Gasteiger charge is 2.27. The maximum atomic E-state index is 13.5. The number of benzene rings is 4. The lowest BCUT2D eigenvalue weighted by Gasteiger charge is -2.19. The molecule has 0 aliphatic heterocycles. The minimum atomic E-state index is -3.66. The third-order valence-electron chi connectivity index (χ3n) is 11.2. The Kier molecular flexibility index (Phi) is 21.3. The van der Waals surface area contributed by atoms with Gasteiger partial charge in [-0.25, -0.2) is 9.97 Å². The fourth-order valence-corrected chi connectivity index (χ4v) is 11.1. The number of nitrogens with two attached hydrogens (primary N) is 2. The van der Waals surface area contributed by atoms with E-state index in [1.165, 1.54) is 12.7 Å². The lowest BCUT2D eigenvalue weighted by molar-refractivity contribution is 0.108. The van der Waals surface area contributed by atoms with Crippen molar-refractivity contribution in [3.8, 4) is 0 Å². The largest absolute Gasteiger partial charge is 0.369 e. The van der Waals surface area contributed by atoms with E-state index in [2.05, 4.69) is 29.9 Å². The molecule has 4 heterocycles. The molecule has 26 heteroatoms. The van der Waals surface area contributed by atoms with Gasteiger partial charge in [-0.1, -0.05) is 126 Å². The Morgan fingerprint density at radius 2 is 1.01 bits per heavy atom. The normalized spacial score (nSPS) is 13.0. The molecule has 77 heavy (non-hydrogen) atoms. The SMILES string of the molecule is Cc1ccc(C(=O)SCCOP(=O)(COCCn2cnc3c(=O)[nH]c(N)nc32)OCc2ccccc2)cc1.Cc1ccc(C(=O)SCCOP(=O)(COCCn2cnc3c(=O)[nH]c(N)nc32)OCc2ccccc2)cc1C. The second-order valence-electron chi connectivity index (χ2n) is 17.0. The molecule has 0 saturated heterocycles. The second kappa shape index (κ2) is 28.2. The van der Waals surface area contributed by atoms with Crippen LogP contribution in [0.15, 0.2) is 125 Å². The number of hydrogen-bond donors (Lipinski definition) is 4. The van der Waals surface area contributed by atoms with E-state index >= 15 is 0 Å². The molecule has 4 aromatic heterocycles. The molecule has 0 bridgehead atoms. The molecule has 0 spiro atoms. The number of H-pyrrole nitrogens is 2. The zero-order valence-electron chi connectivity index (χ0n) is 42.4. The van der Waals surface area contributed by atoms with Crippen LogP contribution in [0.1, 0.15) is 48.5 Å². The van der Waals surface area contributed by atoms with Crippen LogP contribution in [0.4, 0.5) is 11.9 Å². The molecule has 4 aromatic carbocycles. The minimum absolute atomic E-state index is 0.0174. The molecule has 8 aromatic rings. The summed E-state index contributed by atoms with van der Waals surface area (Å²) < 4.78 is 64.2. The predicted molar refractivity (Wildman–Crippen MR) is 297 cm³/mol. The van der Waals surface area contributed by atoms with Gasteiger partial charge in [0.25, 0.3) is 11.1 Å². The Labute approximate surface area is 451 Å². The maximum Gasteiger partial charge on any atom is 0.356 e. The first kappa shape index (κ1) is 58.1. The Hall–Kier alpha value is -6.56. The van der Waals surface area contributed by atoms with Gasteiger partial charge >= 0.3 is 15.2 Å². The van der Waals surface area contributed by atoms with Gasteiger partial charge in [-0.2, -0.15) is 9.97 Å². The monoisotopic (exact) mass is 1130 g/mol. The van der Waals surface area contributed by atoms with Crippen molar-refractivity contribution in [3.63, 3.8) is 0 Å². The summed E-state index contributed by atoms with van der Waals surface area (Å²) in [6, 6.07) is 31.5. The zero-order chi connectivity index (χ0) is 54.8. The Bertz CT molecular complexity index is 3470. The van der Waals surface area contributed by atoms with Crippen molar-refractivity contribution >= 4 is 83.2 Å². The zero-order valence-corrected chi connectivity index (χ0v) is 45.8. The lowest BCUT2D eigenvalue weighted by Crippen LogP contribution is -2.13. The van der Waals surface area contributed by atoms with Crippen molar-refractivity contribution in [1.29, 1.82) is 0 Å². The van der Waals surface area contributed by atoms with Gasteiger partial charge in [0.1, 0.15) is 12.7 Å². The van der Waals surface area contributed by atoms with Crippen molar-refractivity contribution in [1.82, 2.24) is 39.0 Å². The number of carbonyl (C=O) groups excluding carboxylic acids is 2.